The van der Waals surface area contributed by atoms with Crippen molar-refractivity contribution in [1.82, 2.24) is 9.88 Å². The van der Waals surface area contributed by atoms with Gasteiger partial charge < -0.3 is 19.5 Å². The lowest BCUT2D eigenvalue weighted by Crippen LogP contribution is -2.51. The molecule has 0 unspecified atom stereocenters. The average molecular weight is 405 g/mol. The molecule has 3 aromatic rings. The fourth-order valence-electron chi connectivity index (χ4n) is 3.68. The molecule has 0 saturated carbocycles. The van der Waals surface area contributed by atoms with E-state index in [4.69, 9.17) is 4.74 Å². The molecule has 4 rings (SSSR count). The number of carbonyl (C=O) groups excluding carboxylic acids is 2. The summed E-state index contributed by atoms with van der Waals surface area (Å²) in [6.45, 7) is 4.11. The monoisotopic (exact) mass is 405 g/mol. The number of H-pyrrole nitrogens is 1. The first-order valence-electron chi connectivity index (χ1n) is 9.95. The van der Waals surface area contributed by atoms with Crippen molar-refractivity contribution in [3.05, 3.63) is 76.7 Å². The van der Waals surface area contributed by atoms with Crippen LogP contribution in [0.25, 0.3) is 10.8 Å². The topological polar surface area (TPSA) is 82.7 Å². The number of fused-ring (bicyclic) bond motifs is 1. The number of ether oxygens (including phenoxy) is 1. The molecule has 1 atom stereocenters. The molecule has 1 saturated heterocycles. The van der Waals surface area contributed by atoms with Gasteiger partial charge in [-0.05, 0) is 36.6 Å². The SMILES string of the molecule is C[C@H](OC(=O)c1cc2ccccc2c(=O)[nH]1)C(=O)N1CCN(c2ccccc2)CC1. The number of amides is 1. The Balaban J connectivity index is 1.38. The van der Waals surface area contributed by atoms with Crippen LogP contribution in [0.15, 0.2) is 65.5 Å². The molecule has 0 spiro atoms. The van der Waals surface area contributed by atoms with Gasteiger partial charge in [-0.15, -0.1) is 0 Å². The van der Waals surface area contributed by atoms with Crippen LogP contribution in [0.2, 0.25) is 0 Å². The maximum Gasteiger partial charge on any atom is 0.355 e. The highest BCUT2D eigenvalue weighted by molar-refractivity contribution is 5.94. The third-order valence-corrected chi connectivity index (χ3v) is 5.32. The summed E-state index contributed by atoms with van der Waals surface area (Å²) in [5.74, 6) is -0.958. The summed E-state index contributed by atoms with van der Waals surface area (Å²) in [5, 5.41) is 1.14. The average Bonchev–Trinajstić information content (AvgIpc) is 2.79. The number of nitrogens with zero attached hydrogens (tertiary/aromatic N) is 2. The van der Waals surface area contributed by atoms with Gasteiger partial charge in [-0.2, -0.15) is 0 Å². The summed E-state index contributed by atoms with van der Waals surface area (Å²) in [6.07, 6.45) is -0.934. The molecular formula is C23H23N3O4. The van der Waals surface area contributed by atoms with Crippen LogP contribution in [0.4, 0.5) is 5.69 Å². The second kappa shape index (κ2) is 8.41. The molecule has 1 aliphatic heterocycles. The van der Waals surface area contributed by atoms with E-state index in [0.717, 1.165) is 5.69 Å². The van der Waals surface area contributed by atoms with Crippen molar-refractivity contribution in [3.63, 3.8) is 0 Å². The van der Waals surface area contributed by atoms with Crippen molar-refractivity contribution in [2.45, 2.75) is 13.0 Å². The summed E-state index contributed by atoms with van der Waals surface area (Å²) in [5.41, 5.74) is 0.799. The number of hydrogen-bond donors (Lipinski definition) is 1. The van der Waals surface area contributed by atoms with Crippen LogP contribution in [0, 0.1) is 0 Å². The number of rotatable bonds is 4. The molecule has 154 valence electrons. The zero-order chi connectivity index (χ0) is 21.1. The van der Waals surface area contributed by atoms with Crippen molar-refractivity contribution in [1.29, 1.82) is 0 Å². The minimum atomic E-state index is -0.934. The summed E-state index contributed by atoms with van der Waals surface area (Å²) < 4.78 is 5.35. The van der Waals surface area contributed by atoms with E-state index in [1.54, 1.807) is 42.2 Å². The normalized spacial score (nSPS) is 15.1. The number of esters is 1. The van der Waals surface area contributed by atoms with Crippen molar-refractivity contribution in [2.75, 3.05) is 31.1 Å². The molecule has 1 amide bonds. The second-order valence-electron chi connectivity index (χ2n) is 7.29. The minimum Gasteiger partial charge on any atom is -0.448 e. The first-order chi connectivity index (χ1) is 14.5. The van der Waals surface area contributed by atoms with Gasteiger partial charge >= 0.3 is 5.97 Å². The molecular weight excluding hydrogens is 382 g/mol. The number of nitrogens with one attached hydrogen (secondary N) is 1. The Morgan fingerprint density at radius 3 is 2.37 bits per heavy atom. The summed E-state index contributed by atoms with van der Waals surface area (Å²) in [4.78, 5) is 43.9. The molecule has 1 fully saturated rings. The molecule has 7 nitrogen and oxygen atoms in total. The molecule has 0 bridgehead atoms. The highest BCUT2D eigenvalue weighted by Gasteiger charge is 2.28. The van der Waals surface area contributed by atoms with Crippen molar-refractivity contribution >= 4 is 28.3 Å². The van der Waals surface area contributed by atoms with Crippen LogP contribution < -0.4 is 10.5 Å². The third kappa shape index (κ3) is 4.05. The standard InChI is InChI=1S/C23H23N3O4/c1-16(22(28)26-13-11-25(12-14-26)18-8-3-2-4-9-18)30-23(29)20-15-17-7-5-6-10-19(17)21(27)24-20/h2-10,15-16H,11-14H2,1H3,(H,24,27)/t16-/m0/s1. The highest BCUT2D eigenvalue weighted by Crippen LogP contribution is 2.17. The van der Waals surface area contributed by atoms with Crippen molar-refractivity contribution in [3.8, 4) is 0 Å². The predicted molar refractivity (Wildman–Crippen MR) is 115 cm³/mol. The lowest BCUT2D eigenvalue weighted by atomic mass is 10.1. The summed E-state index contributed by atoms with van der Waals surface area (Å²) in [7, 11) is 0. The molecule has 7 heteroatoms. The molecule has 1 aromatic heterocycles. The van der Waals surface area contributed by atoms with Crippen LogP contribution in [0.3, 0.4) is 0 Å². The Morgan fingerprint density at radius 2 is 1.63 bits per heavy atom. The number of anilines is 1. The minimum absolute atomic E-state index is 0.0345. The lowest BCUT2D eigenvalue weighted by Gasteiger charge is -2.37. The zero-order valence-corrected chi connectivity index (χ0v) is 16.7. The van der Waals surface area contributed by atoms with Crippen LogP contribution in [0.5, 0.6) is 0 Å². The van der Waals surface area contributed by atoms with E-state index in [2.05, 4.69) is 9.88 Å². The maximum absolute atomic E-state index is 12.7. The van der Waals surface area contributed by atoms with E-state index in [1.807, 2.05) is 30.3 Å². The van der Waals surface area contributed by atoms with Crippen LogP contribution in [-0.2, 0) is 9.53 Å². The lowest BCUT2D eigenvalue weighted by molar-refractivity contribution is -0.140. The van der Waals surface area contributed by atoms with E-state index < -0.39 is 12.1 Å². The van der Waals surface area contributed by atoms with Gasteiger partial charge in [-0.1, -0.05) is 36.4 Å². The smallest absolute Gasteiger partial charge is 0.355 e. The number of piperazine rings is 1. The molecule has 2 heterocycles. The van der Waals surface area contributed by atoms with Gasteiger partial charge in [0.15, 0.2) is 6.10 Å². The highest BCUT2D eigenvalue weighted by atomic mass is 16.5. The van der Waals surface area contributed by atoms with Crippen molar-refractivity contribution in [2.24, 2.45) is 0 Å². The van der Waals surface area contributed by atoms with Gasteiger partial charge in [0.05, 0.1) is 0 Å². The van der Waals surface area contributed by atoms with E-state index in [-0.39, 0.29) is 17.2 Å². The van der Waals surface area contributed by atoms with Crippen LogP contribution in [0.1, 0.15) is 17.4 Å². The van der Waals surface area contributed by atoms with E-state index in [0.29, 0.717) is 37.0 Å². The van der Waals surface area contributed by atoms with Gasteiger partial charge in [0.1, 0.15) is 5.69 Å². The van der Waals surface area contributed by atoms with Crippen LogP contribution >= 0.6 is 0 Å². The molecule has 0 aliphatic carbocycles. The number of pyridine rings is 1. The number of hydrogen-bond acceptors (Lipinski definition) is 5. The molecule has 0 radical (unpaired) electrons. The van der Waals surface area contributed by atoms with E-state index >= 15 is 0 Å². The van der Waals surface area contributed by atoms with Crippen molar-refractivity contribution < 1.29 is 14.3 Å². The second-order valence-corrected chi connectivity index (χ2v) is 7.29. The number of benzene rings is 2. The van der Waals surface area contributed by atoms with E-state index in [1.165, 1.54) is 0 Å². The zero-order valence-electron chi connectivity index (χ0n) is 16.7. The Morgan fingerprint density at radius 1 is 0.967 bits per heavy atom. The molecule has 30 heavy (non-hydrogen) atoms. The first-order valence-corrected chi connectivity index (χ1v) is 9.95. The van der Waals surface area contributed by atoms with E-state index in [9.17, 15) is 14.4 Å². The first kappa shape index (κ1) is 19.7. The number of carbonyl (C=O) groups is 2. The molecule has 2 aromatic carbocycles. The number of para-hydroxylation sites is 1. The Hall–Kier alpha value is -3.61. The summed E-state index contributed by atoms with van der Waals surface area (Å²) >= 11 is 0. The Kier molecular flexibility index (Phi) is 5.52. The summed E-state index contributed by atoms with van der Waals surface area (Å²) in [6, 6.07) is 18.6. The van der Waals surface area contributed by atoms with Gasteiger partial charge in [0, 0.05) is 37.3 Å². The predicted octanol–water partition coefficient (Wildman–Crippen LogP) is 2.42. The van der Waals surface area contributed by atoms with Gasteiger partial charge in [-0.3, -0.25) is 9.59 Å². The fraction of sp³-hybridized carbons (Fsp3) is 0.261. The largest absolute Gasteiger partial charge is 0.448 e. The van der Waals surface area contributed by atoms with Gasteiger partial charge in [0.2, 0.25) is 0 Å². The Bertz CT molecular complexity index is 1120. The fourth-order valence-corrected chi connectivity index (χ4v) is 3.68. The quantitative estimate of drug-likeness (QED) is 0.674. The number of aromatic nitrogens is 1. The number of aromatic amines is 1. The third-order valence-electron chi connectivity index (χ3n) is 5.32. The molecule has 1 aliphatic rings. The maximum atomic E-state index is 12.7. The molecule has 1 N–H and O–H groups in total. The Labute approximate surface area is 173 Å². The van der Waals surface area contributed by atoms with Gasteiger partial charge in [0.25, 0.3) is 11.5 Å². The van der Waals surface area contributed by atoms with Gasteiger partial charge in [-0.25, -0.2) is 4.79 Å². The van der Waals surface area contributed by atoms with Crippen LogP contribution in [-0.4, -0.2) is 54.0 Å².